The average Bonchev–Trinajstić information content (AvgIpc) is 2.93. The van der Waals surface area contributed by atoms with Crippen molar-refractivity contribution in [3.05, 3.63) is 42.0 Å². The third-order valence-corrected chi connectivity index (χ3v) is 2.91. The molecule has 3 aromatic rings. The van der Waals surface area contributed by atoms with Gasteiger partial charge in [0.2, 0.25) is 5.95 Å². The molecule has 0 aliphatic rings. The third kappa shape index (κ3) is 1.84. The van der Waals surface area contributed by atoms with Crippen molar-refractivity contribution in [2.24, 2.45) is 0 Å². The van der Waals surface area contributed by atoms with Crippen molar-refractivity contribution in [2.75, 3.05) is 5.73 Å². The quantitative estimate of drug-likeness (QED) is 0.764. The zero-order valence-electron chi connectivity index (χ0n) is 10.1. The fourth-order valence-electron chi connectivity index (χ4n) is 2.03. The highest BCUT2D eigenvalue weighted by Gasteiger charge is 2.09. The van der Waals surface area contributed by atoms with E-state index in [1.807, 2.05) is 35.9 Å². The number of furan rings is 1. The van der Waals surface area contributed by atoms with Crippen LogP contribution in [-0.4, -0.2) is 14.5 Å². The maximum Gasteiger partial charge on any atom is 0.202 e. The van der Waals surface area contributed by atoms with E-state index < -0.39 is 0 Å². The maximum absolute atomic E-state index is 5.92. The highest BCUT2D eigenvalue weighted by molar-refractivity contribution is 5.74. The molecule has 0 spiro atoms. The SMILES string of the molecule is Cc1cnc2c(c1)nc(N)n2CCc1ccco1. The third-order valence-electron chi connectivity index (χ3n) is 2.91. The van der Waals surface area contributed by atoms with Gasteiger partial charge in [-0.3, -0.25) is 4.57 Å². The monoisotopic (exact) mass is 242 g/mol. The van der Waals surface area contributed by atoms with Gasteiger partial charge < -0.3 is 10.2 Å². The maximum atomic E-state index is 5.92. The minimum Gasteiger partial charge on any atom is -0.469 e. The molecule has 0 saturated carbocycles. The molecule has 2 N–H and O–H groups in total. The van der Waals surface area contributed by atoms with Crippen LogP contribution < -0.4 is 5.73 Å². The van der Waals surface area contributed by atoms with Crippen LogP contribution in [0.4, 0.5) is 5.95 Å². The Bertz CT molecular complexity index is 670. The van der Waals surface area contributed by atoms with E-state index in [-0.39, 0.29) is 0 Å². The number of hydrogen-bond donors (Lipinski definition) is 1. The summed E-state index contributed by atoms with van der Waals surface area (Å²) in [5, 5.41) is 0. The first-order valence-corrected chi connectivity index (χ1v) is 5.85. The van der Waals surface area contributed by atoms with Gasteiger partial charge in [0.1, 0.15) is 11.3 Å². The van der Waals surface area contributed by atoms with Gasteiger partial charge in [0.05, 0.1) is 6.26 Å². The number of pyridine rings is 1. The Hall–Kier alpha value is -2.30. The van der Waals surface area contributed by atoms with Crippen LogP contribution in [0.25, 0.3) is 11.2 Å². The Balaban J connectivity index is 1.93. The number of aromatic nitrogens is 3. The van der Waals surface area contributed by atoms with E-state index in [1.54, 1.807) is 6.26 Å². The van der Waals surface area contributed by atoms with Crippen molar-refractivity contribution < 1.29 is 4.42 Å². The molecule has 92 valence electrons. The van der Waals surface area contributed by atoms with Gasteiger partial charge in [-0.15, -0.1) is 0 Å². The molecule has 0 aliphatic carbocycles. The molecule has 5 nitrogen and oxygen atoms in total. The largest absolute Gasteiger partial charge is 0.469 e. The molecule has 3 aromatic heterocycles. The number of hydrogen-bond acceptors (Lipinski definition) is 4. The summed E-state index contributed by atoms with van der Waals surface area (Å²) in [5.74, 6) is 1.43. The number of fused-ring (bicyclic) bond motifs is 1. The normalized spacial score (nSPS) is 11.2. The van der Waals surface area contributed by atoms with Crippen molar-refractivity contribution in [1.29, 1.82) is 0 Å². The van der Waals surface area contributed by atoms with Crippen molar-refractivity contribution in [3.8, 4) is 0 Å². The van der Waals surface area contributed by atoms with Crippen molar-refractivity contribution in [1.82, 2.24) is 14.5 Å². The van der Waals surface area contributed by atoms with Crippen LogP contribution in [0.2, 0.25) is 0 Å². The lowest BCUT2D eigenvalue weighted by atomic mass is 10.3. The molecule has 0 atom stereocenters. The summed E-state index contributed by atoms with van der Waals surface area (Å²) < 4.78 is 7.22. The number of nitrogens with zero attached hydrogens (tertiary/aromatic N) is 3. The topological polar surface area (TPSA) is 69.9 Å². The highest BCUT2D eigenvalue weighted by atomic mass is 16.3. The first-order chi connectivity index (χ1) is 8.74. The van der Waals surface area contributed by atoms with Crippen molar-refractivity contribution in [3.63, 3.8) is 0 Å². The Morgan fingerprint density at radius 3 is 3.11 bits per heavy atom. The lowest BCUT2D eigenvalue weighted by molar-refractivity contribution is 0.494. The molecule has 18 heavy (non-hydrogen) atoms. The summed E-state index contributed by atoms with van der Waals surface area (Å²) in [6.45, 7) is 2.70. The van der Waals surface area contributed by atoms with Gasteiger partial charge in [-0.1, -0.05) is 0 Å². The minimum atomic E-state index is 0.495. The van der Waals surface area contributed by atoms with Gasteiger partial charge >= 0.3 is 0 Å². The molecule has 0 saturated heterocycles. The van der Waals surface area contributed by atoms with Crippen LogP contribution in [0, 0.1) is 6.92 Å². The Morgan fingerprint density at radius 1 is 1.44 bits per heavy atom. The van der Waals surface area contributed by atoms with E-state index in [0.29, 0.717) is 12.5 Å². The highest BCUT2D eigenvalue weighted by Crippen LogP contribution is 2.17. The molecule has 0 amide bonds. The lowest BCUT2D eigenvalue weighted by Crippen LogP contribution is -2.06. The molecule has 0 bridgehead atoms. The number of anilines is 1. The molecule has 0 radical (unpaired) electrons. The summed E-state index contributed by atoms with van der Waals surface area (Å²) >= 11 is 0. The smallest absolute Gasteiger partial charge is 0.202 e. The van der Waals surface area contributed by atoms with Gasteiger partial charge in [-0.25, -0.2) is 9.97 Å². The Labute approximate surface area is 104 Å². The van der Waals surface area contributed by atoms with Crippen LogP contribution in [-0.2, 0) is 13.0 Å². The molecule has 3 rings (SSSR count). The number of rotatable bonds is 3. The summed E-state index contributed by atoms with van der Waals surface area (Å²) in [5.41, 5.74) is 8.67. The van der Waals surface area contributed by atoms with Crippen molar-refractivity contribution >= 4 is 17.1 Å². The van der Waals surface area contributed by atoms with E-state index in [1.165, 1.54) is 0 Å². The summed E-state index contributed by atoms with van der Waals surface area (Å²) in [6, 6.07) is 5.82. The standard InChI is InChI=1S/C13H14N4O/c1-9-7-11-12(15-8-9)17(13(14)16-11)5-4-10-3-2-6-18-10/h2-3,6-8H,4-5H2,1H3,(H2,14,16). The van der Waals surface area contributed by atoms with Gasteiger partial charge in [0.15, 0.2) is 5.65 Å². The summed E-state index contributed by atoms with van der Waals surface area (Å²) in [7, 11) is 0. The second-order valence-corrected chi connectivity index (χ2v) is 4.31. The fourth-order valence-corrected chi connectivity index (χ4v) is 2.03. The zero-order valence-corrected chi connectivity index (χ0v) is 10.1. The number of imidazole rings is 1. The van der Waals surface area contributed by atoms with Crippen LogP contribution >= 0.6 is 0 Å². The van der Waals surface area contributed by atoms with Gasteiger partial charge in [-0.05, 0) is 30.7 Å². The van der Waals surface area contributed by atoms with E-state index in [9.17, 15) is 0 Å². The molecule has 0 unspecified atom stereocenters. The van der Waals surface area contributed by atoms with E-state index in [0.717, 1.165) is 28.9 Å². The molecular formula is C13H14N4O. The number of nitrogen functional groups attached to an aromatic ring is 1. The van der Waals surface area contributed by atoms with Gasteiger partial charge in [0, 0.05) is 19.2 Å². The van der Waals surface area contributed by atoms with Crippen LogP contribution in [0.5, 0.6) is 0 Å². The van der Waals surface area contributed by atoms with Crippen LogP contribution in [0.15, 0.2) is 35.1 Å². The number of nitrogens with two attached hydrogens (primary N) is 1. The second-order valence-electron chi connectivity index (χ2n) is 4.31. The predicted octanol–water partition coefficient (Wildman–Crippen LogP) is 2.16. The molecule has 0 aliphatic heterocycles. The predicted molar refractivity (Wildman–Crippen MR) is 69.1 cm³/mol. The van der Waals surface area contributed by atoms with E-state index in [2.05, 4.69) is 9.97 Å². The fraction of sp³-hybridized carbons (Fsp3) is 0.231. The van der Waals surface area contributed by atoms with Gasteiger partial charge in [0.25, 0.3) is 0 Å². The molecule has 0 aromatic carbocycles. The van der Waals surface area contributed by atoms with E-state index >= 15 is 0 Å². The molecular weight excluding hydrogens is 228 g/mol. The molecule has 3 heterocycles. The molecule has 5 heteroatoms. The van der Waals surface area contributed by atoms with Crippen molar-refractivity contribution in [2.45, 2.75) is 19.9 Å². The Kier molecular flexibility index (Phi) is 2.51. The summed E-state index contributed by atoms with van der Waals surface area (Å²) in [4.78, 5) is 8.71. The zero-order chi connectivity index (χ0) is 12.5. The van der Waals surface area contributed by atoms with E-state index in [4.69, 9.17) is 10.2 Å². The Morgan fingerprint density at radius 2 is 2.33 bits per heavy atom. The van der Waals surface area contributed by atoms with Crippen LogP contribution in [0.3, 0.4) is 0 Å². The minimum absolute atomic E-state index is 0.495. The van der Waals surface area contributed by atoms with Crippen LogP contribution in [0.1, 0.15) is 11.3 Å². The lowest BCUT2D eigenvalue weighted by Gasteiger charge is -2.04. The first-order valence-electron chi connectivity index (χ1n) is 5.85. The van der Waals surface area contributed by atoms with Gasteiger partial charge in [-0.2, -0.15) is 0 Å². The first kappa shape index (κ1) is 10.8. The average molecular weight is 242 g/mol. The number of aryl methyl sites for hydroxylation is 3. The second kappa shape index (κ2) is 4.18. The molecule has 0 fully saturated rings. The summed E-state index contributed by atoms with van der Waals surface area (Å²) in [6.07, 6.45) is 4.28.